The van der Waals surface area contributed by atoms with E-state index in [1.807, 2.05) is 29.6 Å². The van der Waals surface area contributed by atoms with Gasteiger partial charge in [-0.05, 0) is 29.0 Å². The maximum Gasteiger partial charge on any atom is 0.313 e. The third-order valence-electron chi connectivity index (χ3n) is 4.33. The highest BCUT2D eigenvalue weighted by Crippen LogP contribution is 2.32. The van der Waals surface area contributed by atoms with E-state index in [1.165, 1.54) is 11.3 Å². The minimum absolute atomic E-state index is 0.0614. The van der Waals surface area contributed by atoms with Gasteiger partial charge in [0.25, 0.3) is 0 Å². The lowest BCUT2D eigenvalue weighted by Gasteiger charge is -2.19. The van der Waals surface area contributed by atoms with Crippen LogP contribution in [0.1, 0.15) is 11.7 Å². The molecule has 0 saturated carbocycles. The first-order valence-electron chi connectivity index (χ1n) is 8.75. The molecule has 1 aliphatic heterocycles. The van der Waals surface area contributed by atoms with Gasteiger partial charge in [-0.25, -0.2) is 0 Å². The van der Waals surface area contributed by atoms with Gasteiger partial charge >= 0.3 is 11.8 Å². The second-order valence-corrected chi connectivity index (χ2v) is 7.14. The number of carbonyl (C=O) groups excluding carboxylic acids is 2. The quantitative estimate of drug-likeness (QED) is 0.587. The molecule has 0 radical (unpaired) electrons. The molecule has 0 fully saturated rings. The molecule has 0 bridgehead atoms. The van der Waals surface area contributed by atoms with Gasteiger partial charge in [0, 0.05) is 28.6 Å². The minimum atomic E-state index is -0.901. The van der Waals surface area contributed by atoms with E-state index in [9.17, 15) is 14.7 Å². The largest absolute Gasteiger partial charge is 0.486 e. The Hall–Kier alpha value is -3.10. The number of fused-ring (bicyclic) bond motifs is 2. The van der Waals surface area contributed by atoms with Gasteiger partial charge in [-0.1, -0.05) is 18.2 Å². The van der Waals surface area contributed by atoms with Gasteiger partial charge in [0.1, 0.15) is 13.2 Å². The van der Waals surface area contributed by atoms with Gasteiger partial charge in [-0.3, -0.25) is 9.59 Å². The summed E-state index contributed by atoms with van der Waals surface area (Å²) in [5.41, 5.74) is 1.15. The summed E-state index contributed by atoms with van der Waals surface area (Å²) in [6.45, 7) is 0.844. The van der Waals surface area contributed by atoms with Crippen molar-refractivity contribution in [1.82, 2.24) is 5.32 Å². The molecule has 0 aliphatic carbocycles. The van der Waals surface area contributed by atoms with Gasteiger partial charge in [-0.2, -0.15) is 0 Å². The molecule has 1 aliphatic rings. The number of hydrogen-bond donors (Lipinski definition) is 3. The number of aliphatic hydroxyl groups is 1. The fourth-order valence-electron chi connectivity index (χ4n) is 2.94. The molecule has 2 aromatic carbocycles. The molecule has 0 unspecified atom stereocenters. The topological polar surface area (TPSA) is 96.9 Å². The van der Waals surface area contributed by atoms with E-state index in [1.54, 1.807) is 18.2 Å². The minimum Gasteiger partial charge on any atom is -0.486 e. The van der Waals surface area contributed by atoms with Gasteiger partial charge in [0.05, 0.1) is 6.10 Å². The van der Waals surface area contributed by atoms with Crippen LogP contribution in [0.4, 0.5) is 5.69 Å². The first-order chi connectivity index (χ1) is 13.6. The zero-order chi connectivity index (χ0) is 19.5. The number of thiophene rings is 1. The van der Waals surface area contributed by atoms with Crippen LogP contribution in [-0.2, 0) is 9.59 Å². The first-order valence-corrected chi connectivity index (χ1v) is 9.63. The van der Waals surface area contributed by atoms with E-state index in [4.69, 9.17) is 9.47 Å². The summed E-state index contributed by atoms with van der Waals surface area (Å²) in [5, 5.41) is 18.2. The first kappa shape index (κ1) is 18.3. The highest BCUT2D eigenvalue weighted by Gasteiger charge is 2.19. The van der Waals surface area contributed by atoms with Crippen molar-refractivity contribution in [2.75, 3.05) is 25.1 Å². The molecule has 0 saturated heterocycles. The van der Waals surface area contributed by atoms with Crippen LogP contribution < -0.4 is 20.1 Å². The average molecular weight is 398 g/mol. The SMILES string of the molecule is O=C(NC[C@@H](O)c1csc2ccccc12)C(=O)Nc1ccc2c(c1)OCCO2. The summed E-state index contributed by atoms with van der Waals surface area (Å²) in [6.07, 6.45) is -0.901. The number of aliphatic hydroxyl groups excluding tert-OH is 1. The van der Waals surface area contributed by atoms with Crippen LogP contribution >= 0.6 is 11.3 Å². The van der Waals surface area contributed by atoms with Crippen LogP contribution in [0.2, 0.25) is 0 Å². The maximum absolute atomic E-state index is 12.1. The van der Waals surface area contributed by atoms with Crippen molar-refractivity contribution < 1.29 is 24.2 Å². The Morgan fingerprint density at radius 2 is 1.86 bits per heavy atom. The average Bonchev–Trinajstić information content (AvgIpc) is 3.16. The molecule has 3 N–H and O–H groups in total. The molecular formula is C20H18N2O5S. The molecule has 7 nitrogen and oxygen atoms in total. The molecule has 1 atom stereocenters. The summed E-state index contributed by atoms with van der Waals surface area (Å²) >= 11 is 1.52. The predicted molar refractivity (Wildman–Crippen MR) is 106 cm³/mol. The highest BCUT2D eigenvalue weighted by molar-refractivity contribution is 7.17. The number of nitrogens with one attached hydrogen (secondary N) is 2. The van der Waals surface area contributed by atoms with Gasteiger partial charge in [0.2, 0.25) is 0 Å². The van der Waals surface area contributed by atoms with Crippen LogP contribution in [0.3, 0.4) is 0 Å². The Bertz CT molecular complexity index is 1030. The van der Waals surface area contributed by atoms with Crippen molar-refractivity contribution in [2.24, 2.45) is 0 Å². The van der Waals surface area contributed by atoms with Crippen LogP contribution in [-0.4, -0.2) is 36.7 Å². The smallest absolute Gasteiger partial charge is 0.313 e. The van der Waals surface area contributed by atoms with Gasteiger partial charge in [0.15, 0.2) is 11.5 Å². The molecule has 1 aromatic heterocycles. The predicted octanol–water partition coefficient (Wildman–Crippen LogP) is 2.46. The third kappa shape index (κ3) is 3.78. The number of hydrogen-bond acceptors (Lipinski definition) is 6. The highest BCUT2D eigenvalue weighted by atomic mass is 32.1. The van der Waals surface area contributed by atoms with E-state index < -0.39 is 17.9 Å². The Balaban J connectivity index is 1.35. The van der Waals surface area contributed by atoms with E-state index in [2.05, 4.69) is 10.6 Å². The van der Waals surface area contributed by atoms with Crippen molar-refractivity contribution in [1.29, 1.82) is 0 Å². The second-order valence-electron chi connectivity index (χ2n) is 6.23. The van der Waals surface area contributed by atoms with E-state index in [-0.39, 0.29) is 6.54 Å². The zero-order valence-electron chi connectivity index (χ0n) is 14.8. The van der Waals surface area contributed by atoms with Crippen molar-refractivity contribution in [2.45, 2.75) is 6.10 Å². The fourth-order valence-corrected chi connectivity index (χ4v) is 3.95. The monoisotopic (exact) mass is 398 g/mol. The van der Waals surface area contributed by atoms with Crippen LogP contribution in [0, 0.1) is 0 Å². The molecule has 4 rings (SSSR count). The van der Waals surface area contributed by atoms with Crippen molar-refractivity contribution >= 4 is 38.9 Å². The lowest BCUT2D eigenvalue weighted by atomic mass is 10.1. The Morgan fingerprint density at radius 1 is 1.07 bits per heavy atom. The van der Waals surface area contributed by atoms with Gasteiger partial charge in [-0.15, -0.1) is 11.3 Å². The van der Waals surface area contributed by atoms with E-state index >= 15 is 0 Å². The maximum atomic E-state index is 12.1. The van der Waals surface area contributed by atoms with Crippen molar-refractivity contribution in [3.63, 3.8) is 0 Å². The summed E-state index contributed by atoms with van der Waals surface area (Å²) in [7, 11) is 0. The summed E-state index contributed by atoms with van der Waals surface area (Å²) in [5.74, 6) is -0.531. The normalized spacial score (nSPS) is 13.8. The third-order valence-corrected chi connectivity index (χ3v) is 5.31. The molecule has 2 amide bonds. The number of benzene rings is 2. The number of amides is 2. The number of rotatable bonds is 4. The molecule has 3 aromatic rings. The number of anilines is 1. The Labute approximate surface area is 164 Å². The molecule has 8 heteroatoms. The molecule has 0 spiro atoms. The summed E-state index contributed by atoms with van der Waals surface area (Å²) < 4.78 is 11.9. The van der Waals surface area contributed by atoms with E-state index in [0.29, 0.717) is 30.4 Å². The summed E-state index contributed by atoms with van der Waals surface area (Å²) in [6, 6.07) is 12.6. The van der Waals surface area contributed by atoms with E-state index in [0.717, 1.165) is 15.6 Å². The lowest BCUT2D eigenvalue weighted by Crippen LogP contribution is -2.37. The van der Waals surface area contributed by atoms with Crippen molar-refractivity contribution in [3.8, 4) is 11.5 Å². The van der Waals surface area contributed by atoms with Gasteiger partial charge < -0.3 is 25.2 Å². The molecule has 2 heterocycles. The summed E-state index contributed by atoms with van der Waals surface area (Å²) in [4.78, 5) is 24.2. The molecular weight excluding hydrogens is 380 g/mol. The zero-order valence-corrected chi connectivity index (χ0v) is 15.6. The van der Waals surface area contributed by atoms with Crippen LogP contribution in [0.15, 0.2) is 47.8 Å². The van der Waals surface area contributed by atoms with Crippen molar-refractivity contribution in [3.05, 3.63) is 53.4 Å². The standard InChI is InChI=1S/C20H18N2O5S/c23-15(14-11-28-18-4-2-1-3-13(14)18)10-21-19(24)20(25)22-12-5-6-16-17(9-12)27-8-7-26-16/h1-6,9,11,15,23H,7-8,10H2,(H,21,24)(H,22,25)/t15-/m1/s1. The molecule has 28 heavy (non-hydrogen) atoms. The number of carbonyl (C=O) groups is 2. The molecule has 144 valence electrons. The number of ether oxygens (including phenoxy) is 2. The lowest BCUT2D eigenvalue weighted by molar-refractivity contribution is -0.136. The van der Waals surface area contributed by atoms with Crippen LogP contribution in [0.25, 0.3) is 10.1 Å². The van der Waals surface area contributed by atoms with Crippen LogP contribution in [0.5, 0.6) is 11.5 Å². The Kier molecular flexibility index (Phi) is 5.14. The fraction of sp³-hybridized carbons (Fsp3) is 0.200. The Morgan fingerprint density at radius 3 is 2.71 bits per heavy atom. The second kappa shape index (κ2) is 7.87.